The first kappa shape index (κ1) is 15.9. The van der Waals surface area contributed by atoms with Gasteiger partial charge in [-0.1, -0.05) is 6.92 Å². The van der Waals surface area contributed by atoms with E-state index >= 15 is 0 Å². The summed E-state index contributed by atoms with van der Waals surface area (Å²) < 4.78 is 0. The number of aromatic amines is 1. The summed E-state index contributed by atoms with van der Waals surface area (Å²) in [6.45, 7) is 11.1. The van der Waals surface area contributed by atoms with Crippen molar-refractivity contribution in [1.29, 1.82) is 0 Å². The van der Waals surface area contributed by atoms with Gasteiger partial charge in [0.15, 0.2) is 0 Å². The maximum atomic E-state index is 11.7. The number of nitrogens with one attached hydrogen (secondary N) is 2. The van der Waals surface area contributed by atoms with Crippen LogP contribution in [0, 0.1) is 0 Å². The molecule has 1 fully saturated rings. The van der Waals surface area contributed by atoms with Crippen molar-refractivity contribution in [2.24, 2.45) is 0 Å². The molecule has 0 spiro atoms. The Kier molecular flexibility index (Phi) is 5.69. The first-order valence-corrected chi connectivity index (χ1v) is 7.71. The van der Waals surface area contributed by atoms with Gasteiger partial charge in [-0.2, -0.15) is 5.10 Å². The molecule has 118 valence electrons. The lowest BCUT2D eigenvalue weighted by Gasteiger charge is -2.33. The Balaban J connectivity index is 1.71. The molecule has 7 heteroatoms. The lowest BCUT2D eigenvalue weighted by Crippen LogP contribution is -2.49. The average molecular weight is 294 g/mol. The number of nitrogens with zero attached hydrogens (tertiary/aromatic N) is 4. The van der Waals surface area contributed by atoms with E-state index in [1.165, 1.54) is 0 Å². The van der Waals surface area contributed by atoms with E-state index in [4.69, 9.17) is 0 Å². The highest BCUT2D eigenvalue weighted by Crippen LogP contribution is 2.05. The minimum atomic E-state index is 0.112. The maximum Gasteiger partial charge on any atom is 0.234 e. The fourth-order valence-electron chi connectivity index (χ4n) is 2.45. The van der Waals surface area contributed by atoms with E-state index in [0.717, 1.165) is 50.8 Å². The standard InChI is InChI=1S/C14H26N6O/c1-4-12-16-13(18-17-12)9-19-5-7-20(8-6-19)10-14(21)15-11(2)3/h11H,4-10H2,1-3H3,(H,15,21)(H,16,17,18). The van der Waals surface area contributed by atoms with E-state index in [-0.39, 0.29) is 11.9 Å². The smallest absolute Gasteiger partial charge is 0.234 e. The Hall–Kier alpha value is -1.47. The van der Waals surface area contributed by atoms with Gasteiger partial charge in [0.25, 0.3) is 0 Å². The first-order chi connectivity index (χ1) is 10.1. The Morgan fingerprint density at radius 1 is 1.29 bits per heavy atom. The molecule has 1 amide bonds. The number of amides is 1. The minimum Gasteiger partial charge on any atom is -0.353 e. The normalized spacial score (nSPS) is 17.3. The molecule has 0 radical (unpaired) electrons. The number of aromatic nitrogens is 3. The highest BCUT2D eigenvalue weighted by atomic mass is 16.2. The quantitative estimate of drug-likeness (QED) is 0.773. The van der Waals surface area contributed by atoms with Crippen molar-refractivity contribution in [2.75, 3.05) is 32.7 Å². The minimum absolute atomic E-state index is 0.112. The second-order valence-electron chi connectivity index (χ2n) is 5.83. The largest absolute Gasteiger partial charge is 0.353 e. The zero-order chi connectivity index (χ0) is 15.2. The number of aryl methyl sites for hydroxylation is 1. The third-order valence-corrected chi connectivity index (χ3v) is 3.55. The lowest BCUT2D eigenvalue weighted by molar-refractivity contribution is -0.123. The molecule has 0 atom stereocenters. The van der Waals surface area contributed by atoms with E-state index in [2.05, 4.69) is 30.3 Å². The van der Waals surface area contributed by atoms with Gasteiger partial charge < -0.3 is 5.32 Å². The summed E-state index contributed by atoms with van der Waals surface area (Å²) in [5.41, 5.74) is 0. The molecule has 0 aromatic carbocycles. The zero-order valence-electron chi connectivity index (χ0n) is 13.2. The molecule has 1 aromatic heterocycles. The SMILES string of the molecule is CCc1n[nH]c(CN2CCN(CC(=O)NC(C)C)CC2)n1. The van der Waals surface area contributed by atoms with E-state index in [0.29, 0.717) is 6.54 Å². The van der Waals surface area contributed by atoms with Gasteiger partial charge in [-0.15, -0.1) is 0 Å². The lowest BCUT2D eigenvalue weighted by atomic mass is 10.3. The number of hydrogen-bond acceptors (Lipinski definition) is 5. The molecule has 1 aliphatic heterocycles. The Morgan fingerprint density at radius 3 is 2.52 bits per heavy atom. The number of hydrogen-bond donors (Lipinski definition) is 2. The predicted octanol–water partition coefficient (Wildman–Crippen LogP) is 0.00930. The molecule has 0 unspecified atom stereocenters. The monoisotopic (exact) mass is 294 g/mol. The second-order valence-corrected chi connectivity index (χ2v) is 5.83. The number of H-pyrrole nitrogens is 1. The maximum absolute atomic E-state index is 11.7. The predicted molar refractivity (Wildman–Crippen MR) is 80.8 cm³/mol. The van der Waals surface area contributed by atoms with E-state index in [9.17, 15) is 4.79 Å². The Morgan fingerprint density at radius 2 is 1.95 bits per heavy atom. The number of carbonyl (C=O) groups excluding carboxylic acids is 1. The van der Waals surface area contributed by atoms with Crippen LogP contribution in [0.1, 0.15) is 32.4 Å². The van der Waals surface area contributed by atoms with Gasteiger partial charge in [-0.3, -0.25) is 19.7 Å². The van der Waals surface area contributed by atoms with Crippen LogP contribution in [-0.4, -0.2) is 69.7 Å². The third kappa shape index (κ3) is 5.09. The fraction of sp³-hybridized carbons (Fsp3) is 0.786. The van der Waals surface area contributed by atoms with Crippen LogP contribution in [0.15, 0.2) is 0 Å². The van der Waals surface area contributed by atoms with Crippen molar-refractivity contribution >= 4 is 5.91 Å². The van der Waals surface area contributed by atoms with Crippen molar-refractivity contribution in [1.82, 2.24) is 30.3 Å². The van der Waals surface area contributed by atoms with Crippen molar-refractivity contribution in [3.05, 3.63) is 11.6 Å². The van der Waals surface area contributed by atoms with Crippen LogP contribution in [0.4, 0.5) is 0 Å². The van der Waals surface area contributed by atoms with Gasteiger partial charge in [0.1, 0.15) is 11.6 Å². The topological polar surface area (TPSA) is 77.2 Å². The summed E-state index contributed by atoms with van der Waals surface area (Å²) in [5.74, 6) is 1.91. The molecule has 0 aliphatic carbocycles. The third-order valence-electron chi connectivity index (χ3n) is 3.55. The van der Waals surface area contributed by atoms with Gasteiger partial charge in [-0.25, -0.2) is 4.98 Å². The Labute approximate surface area is 126 Å². The summed E-state index contributed by atoms with van der Waals surface area (Å²) in [4.78, 5) is 20.7. The van der Waals surface area contributed by atoms with Gasteiger partial charge in [0, 0.05) is 38.6 Å². The molecule has 1 aromatic rings. The van der Waals surface area contributed by atoms with Crippen molar-refractivity contribution < 1.29 is 4.79 Å². The molecule has 0 bridgehead atoms. The van der Waals surface area contributed by atoms with Gasteiger partial charge in [0.2, 0.25) is 5.91 Å². The molecular formula is C14H26N6O. The van der Waals surface area contributed by atoms with E-state index in [1.54, 1.807) is 0 Å². The fourth-order valence-corrected chi connectivity index (χ4v) is 2.45. The second kappa shape index (κ2) is 7.51. The molecule has 0 saturated carbocycles. The van der Waals surface area contributed by atoms with Crippen LogP contribution in [0.25, 0.3) is 0 Å². The van der Waals surface area contributed by atoms with Crippen molar-refractivity contribution in [2.45, 2.75) is 39.8 Å². The molecule has 2 rings (SSSR count). The molecule has 1 saturated heterocycles. The highest BCUT2D eigenvalue weighted by Gasteiger charge is 2.20. The zero-order valence-corrected chi connectivity index (χ0v) is 13.2. The van der Waals surface area contributed by atoms with Crippen LogP contribution < -0.4 is 5.32 Å². The van der Waals surface area contributed by atoms with Crippen LogP contribution >= 0.6 is 0 Å². The van der Waals surface area contributed by atoms with Crippen LogP contribution in [0.5, 0.6) is 0 Å². The van der Waals surface area contributed by atoms with Crippen molar-refractivity contribution in [3.8, 4) is 0 Å². The molecule has 21 heavy (non-hydrogen) atoms. The van der Waals surface area contributed by atoms with Crippen molar-refractivity contribution in [3.63, 3.8) is 0 Å². The number of piperazine rings is 1. The average Bonchev–Trinajstić information content (AvgIpc) is 2.88. The van der Waals surface area contributed by atoms with E-state index < -0.39 is 0 Å². The summed E-state index contributed by atoms with van der Waals surface area (Å²) in [6.07, 6.45) is 0.856. The summed E-state index contributed by atoms with van der Waals surface area (Å²) in [7, 11) is 0. The summed E-state index contributed by atoms with van der Waals surface area (Å²) in [5, 5.41) is 10.1. The van der Waals surface area contributed by atoms with Gasteiger partial charge in [0.05, 0.1) is 13.1 Å². The van der Waals surface area contributed by atoms with Gasteiger partial charge >= 0.3 is 0 Å². The molecular weight excluding hydrogens is 268 g/mol. The molecule has 2 N–H and O–H groups in total. The molecule has 2 heterocycles. The molecule has 7 nitrogen and oxygen atoms in total. The van der Waals surface area contributed by atoms with E-state index in [1.807, 2.05) is 20.8 Å². The first-order valence-electron chi connectivity index (χ1n) is 7.71. The van der Waals surface area contributed by atoms with Crippen LogP contribution in [0.2, 0.25) is 0 Å². The molecule has 1 aliphatic rings. The van der Waals surface area contributed by atoms with Gasteiger partial charge in [-0.05, 0) is 13.8 Å². The Bertz CT molecular complexity index is 450. The number of carbonyl (C=O) groups is 1. The van der Waals surface area contributed by atoms with Crippen LogP contribution in [-0.2, 0) is 17.8 Å². The summed E-state index contributed by atoms with van der Waals surface area (Å²) >= 11 is 0. The highest BCUT2D eigenvalue weighted by molar-refractivity contribution is 5.78. The summed E-state index contributed by atoms with van der Waals surface area (Å²) in [6, 6.07) is 0.206. The van der Waals surface area contributed by atoms with Crippen LogP contribution in [0.3, 0.4) is 0 Å². The number of rotatable bonds is 6.